The molecular weight excluding hydrogens is 168 g/mol. The number of carbonyl (C=O) groups excluding carboxylic acids is 1. The summed E-state index contributed by atoms with van der Waals surface area (Å²) in [6, 6.07) is 1.41. The SMILES string of the molecule is CCOC(=O)[C@H](C#N)[C@@H](N)C(C)C. The van der Waals surface area contributed by atoms with Gasteiger partial charge in [-0.3, -0.25) is 4.79 Å². The molecule has 0 heterocycles. The lowest BCUT2D eigenvalue weighted by Gasteiger charge is -2.19. The van der Waals surface area contributed by atoms with Crippen molar-refractivity contribution in [2.24, 2.45) is 17.6 Å². The predicted molar refractivity (Wildman–Crippen MR) is 48.5 cm³/mol. The van der Waals surface area contributed by atoms with Gasteiger partial charge in [-0.1, -0.05) is 13.8 Å². The van der Waals surface area contributed by atoms with Gasteiger partial charge in [0.15, 0.2) is 5.92 Å². The van der Waals surface area contributed by atoms with E-state index < -0.39 is 17.9 Å². The van der Waals surface area contributed by atoms with Crippen molar-refractivity contribution in [2.75, 3.05) is 6.61 Å². The number of ether oxygens (including phenoxy) is 1. The van der Waals surface area contributed by atoms with Gasteiger partial charge in [0.05, 0.1) is 12.7 Å². The summed E-state index contributed by atoms with van der Waals surface area (Å²) in [5.74, 6) is -1.28. The summed E-state index contributed by atoms with van der Waals surface area (Å²) in [5.41, 5.74) is 5.68. The Balaban J connectivity index is 4.35. The number of rotatable bonds is 4. The maximum Gasteiger partial charge on any atom is 0.324 e. The minimum atomic E-state index is -0.847. The van der Waals surface area contributed by atoms with Crippen LogP contribution in [0, 0.1) is 23.2 Å². The second-order valence-corrected chi connectivity index (χ2v) is 3.18. The topological polar surface area (TPSA) is 76.1 Å². The molecule has 0 spiro atoms. The Morgan fingerprint density at radius 2 is 2.15 bits per heavy atom. The van der Waals surface area contributed by atoms with Gasteiger partial charge < -0.3 is 10.5 Å². The number of nitrogens with two attached hydrogens (primary N) is 1. The molecule has 0 bridgehead atoms. The maximum atomic E-state index is 11.2. The minimum absolute atomic E-state index is 0.0917. The van der Waals surface area contributed by atoms with E-state index in [1.165, 1.54) is 0 Å². The zero-order valence-electron chi connectivity index (χ0n) is 8.28. The molecule has 0 saturated carbocycles. The van der Waals surface area contributed by atoms with Crippen LogP contribution in [0.15, 0.2) is 0 Å². The monoisotopic (exact) mass is 184 g/mol. The molecule has 0 aromatic carbocycles. The van der Waals surface area contributed by atoms with Gasteiger partial charge in [-0.2, -0.15) is 5.26 Å². The molecular formula is C9H16N2O2. The van der Waals surface area contributed by atoms with Gasteiger partial charge in [0, 0.05) is 6.04 Å². The summed E-state index contributed by atoms with van der Waals surface area (Å²) >= 11 is 0. The molecule has 0 fully saturated rings. The van der Waals surface area contributed by atoms with E-state index in [1.807, 2.05) is 19.9 Å². The van der Waals surface area contributed by atoms with Crippen molar-refractivity contribution in [1.82, 2.24) is 0 Å². The van der Waals surface area contributed by atoms with E-state index >= 15 is 0 Å². The van der Waals surface area contributed by atoms with Crippen molar-refractivity contribution < 1.29 is 9.53 Å². The molecule has 2 N–H and O–H groups in total. The van der Waals surface area contributed by atoms with Gasteiger partial charge >= 0.3 is 5.97 Å². The molecule has 0 aromatic rings. The van der Waals surface area contributed by atoms with Crippen LogP contribution in [0.2, 0.25) is 0 Å². The van der Waals surface area contributed by atoms with Crippen LogP contribution < -0.4 is 5.73 Å². The van der Waals surface area contributed by atoms with Crippen LogP contribution in [0.25, 0.3) is 0 Å². The fourth-order valence-electron chi connectivity index (χ4n) is 0.913. The van der Waals surface area contributed by atoms with E-state index in [9.17, 15) is 4.79 Å². The molecule has 13 heavy (non-hydrogen) atoms. The zero-order valence-corrected chi connectivity index (χ0v) is 8.28. The highest BCUT2D eigenvalue weighted by Crippen LogP contribution is 2.11. The highest BCUT2D eigenvalue weighted by atomic mass is 16.5. The van der Waals surface area contributed by atoms with E-state index in [0.29, 0.717) is 0 Å². The molecule has 0 rings (SSSR count). The van der Waals surface area contributed by atoms with E-state index in [-0.39, 0.29) is 12.5 Å². The third kappa shape index (κ3) is 3.43. The molecule has 0 unspecified atom stereocenters. The van der Waals surface area contributed by atoms with Crippen molar-refractivity contribution in [1.29, 1.82) is 5.26 Å². The normalized spacial score (nSPS) is 14.8. The standard InChI is InChI=1S/C9H16N2O2/c1-4-13-9(12)7(5-10)8(11)6(2)3/h6-8H,4,11H2,1-3H3/t7-,8+/m1/s1. The van der Waals surface area contributed by atoms with E-state index in [0.717, 1.165) is 0 Å². The number of carbonyl (C=O) groups is 1. The summed E-state index contributed by atoms with van der Waals surface area (Å²) in [4.78, 5) is 11.2. The Morgan fingerprint density at radius 3 is 2.46 bits per heavy atom. The Morgan fingerprint density at radius 1 is 1.62 bits per heavy atom. The van der Waals surface area contributed by atoms with Gasteiger partial charge in [0.1, 0.15) is 0 Å². The first kappa shape index (κ1) is 11.9. The molecule has 0 aliphatic rings. The van der Waals surface area contributed by atoms with Crippen molar-refractivity contribution in [2.45, 2.75) is 26.8 Å². The first-order valence-electron chi connectivity index (χ1n) is 4.36. The molecule has 0 saturated heterocycles. The Labute approximate surface area is 78.7 Å². The van der Waals surface area contributed by atoms with E-state index in [4.69, 9.17) is 15.7 Å². The smallest absolute Gasteiger partial charge is 0.324 e. The largest absolute Gasteiger partial charge is 0.465 e. The summed E-state index contributed by atoms with van der Waals surface area (Å²) in [6.45, 7) is 5.72. The van der Waals surface area contributed by atoms with E-state index in [2.05, 4.69) is 0 Å². The third-order valence-corrected chi connectivity index (χ3v) is 1.83. The number of hydrogen-bond donors (Lipinski definition) is 1. The molecule has 0 aliphatic heterocycles. The zero-order chi connectivity index (χ0) is 10.4. The molecule has 4 heteroatoms. The molecule has 0 amide bonds. The van der Waals surface area contributed by atoms with Crippen LogP contribution in [0.1, 0.15) is 20.8 Å². The fourth-order valence-corrected chi connectivity index (χ4v) is 0.913. The Hall–Kier alpha value is -1.08. The van der Waals surface area contributed by atoms with Crippen LogP contribution in [0.3, 0.4) is 0 Å². The lowest BCUT2D eigenvalue weighted by atomic mass is 9.92. The van der Waals surface area contributed by atoms with Crippen LogP contribution in [0.4, 0.5) is 0 Å². The summed E-state index contributed by atoms with van der Waals surface area (Å²) < 4.78 is 4.72. The first-order valence-corrected chi connectivity index (χ1v) is 4.36. The van der Waals surface area contributed by atoms with E-state index in [1.54, 1.807) is 6.92 Å². The lowest BCUT2D eigenvalue weighted by molar-refractivity contribution is -0.146. The van der Waals surface area contributed by atoms with Gasteiger partial charge in [-0.25, -0.2) is 0 Å². The van der Waals surface area contributed by atoms with Crippen molar-refractivity contribution in [3.63, 3.8) is 0 Å². The van der Waals surface area contributed by atoms with Gasteiger partial charge in [-0.15, -0.1) is 0 Å². The van der Waals surface area contributed by atoms with Crippen molar-refractivity contribution in [3.8, 4) is 6.07 Å². The fraction of sp³-hybridized carbons (Fsp3) is 0.778. The molecule has 74 valence electrons. The van der Waals surface area contributed by atoms with Gasteiger partial charge in [-0.05, 0) is 12.8 Å². The number of esters is 1. The quantitative estimate of drug-likeness (QED) is 0.651. The first-order chi connectivity index (χ1) is 6.04. The number of nitriles is 1. The van der Waals surface area contributed by atoms with Crippen LogP contribution in [-0.4, -0.2) is 18.6 Å². The highest BCUT2D eigenvalue weighted by molar-refractivity contribution is 5.76. The molecule has 0 radical (unpaired) electrons. The molecule has 0 aliphatic carbocycles. The van der Waals surface area contributed by atoms with Crippen molar-refractivity contribution >= 4 is 5.97 Å². The highest BCUT2D eigenvalue weighted by Gasteiger charge is 2.28. The number of nitrogens with zero attached hydrogens (tertiary/aromatic N) is 1. The van der Waals surface area contributed by atoms with Crippen LogP contribution in [0.5, 0.6) is 0 Å². The summed E-state index contributed by atoms with van der Waals surface area (Å²) in [7, 11) is 0. The molecule has 4 nitrogen and oxygen atoms in total. The van der Waals surface area contributed by atoms with Crippen molar-refractivity contribution in [3.05, 3.63) is 0 Å². The average Bonchev–Trinajstić information content (AvgIpc) is 2.05. The summed E-state index contributed by atoms with van der Waals surface area (Å²) in [5, 5.41) is 8.71. The second kappa shape index (κ2) is 5.55. The minimum Gasteiger partial charge on any atom is -0.465 e. The predicted octanol–water partition coefficient (Wildman–Crippen LogP) is 0.673. The average molecular weight is 184 g/mol. The second-order valence-electron chi connectivity index (χ2n) is 3.18. The lowest BCUT2D eigenvalue weighted by Crippen LogP contribution is -2.39. The van der Waals surface area contributed by atoms with Gasteiger partial charge in [0.25, 0.3) is 0 Å². The van der Waals surface area contributed by atoms with Gasteiger partial charge in [0.2, 0.25) is 0 Å². The van der Waals surface area contributed by atoms with Crippen LogP contribution in [-0.2, 0) is 9.53 Å². The number of hydrogen-bond acceptors (Lipinski definition) is 4. The third-order valence-electron chi connectivity index (χ3n) is 1.83. The molecule has 0 aromatic heterocycles. The Kier molecular flexibility index (Phi) is 5.09. The summed E-state index contributed by atoms with van der Waals surface area (Å²) in [6.07, 6.45) is 0. The maximum absolute atomic E-state index is 11.2. The molecule has 2 atom stereocenters. The van der Waals surface area contributed by atoms with Crippen LogP contribution >= 0.6 is 0 Å². The Bertz CT molecular complexity index is 208.